The summed E-state index contributed by atoms with van der Waals surface area (Å²) in [6, 6.07) is 0. The molecule has 1 aliphatic carbocycles. The molecule has 4 nitrogen and oxygen atoms in total. The third kappa shape index (κ3) is 3.26. The van der Waals surface area contributed by atoms with Crippen LogP contribution in [0.3, 0.4) is 0 Å². The molecule has 0 heterocycles. The molecule has 1 saturated carbocycles. The van der Waals surface area contributed by atoms with Gasteiger partial charge in [0.1, 0.15) is 5.54 Å². The molecule has 0 bridgehead atoms. The van der Waals surface area contributed by atoms with Crippen molar-refractivity contribution in [3.05, 3.63) is 0 Å². The Kier molecular flexibility index (Phi) is 5.71. The summed E-state index contributed by atoms with van der Waals surface area (Å²) in [6.07, 6.45) is 3.74. The van der Waals surface area contributed by atoms with Crippen LogP contribution < -0.4 is 11.1 Å². The van der Waals surface area contributed by atoms with Gasteiger partial charge in [0.15, 0.2) is 0 Å². The van der Waals surface area contributed by atoms with Crippen LogP contribution in [0.1, 0.15) is 40.5 Å². The SMILES string of the molecule is CCOC1CC(N)(C(=O)NCCC(C)SC)C1(C)C. The zero-order valence-electron chi connectivity index (χ0n) is 12.8. The number of nitrogens with two attached hydrogens (primary N) is 1. The van der Waals surface area contributed by atoms with Crippen molar-refractivity contribution in [2.45, 2.75) is 57.4 Å². The van der Waals surface area contributed by atoms with Gasteiger partial charge in [0.05, 0.1) is 6.10 Å². The number of rotatable bonds is 7. The van der Waals surface area contributed by atoms with E-state index in [9.17, 15) is 4.79 Å². The summed E-state index contributed by atoms with van der Waals surface area (Å²) in [5.74, 6) is -0.0400. The molecule has 0 aliphatic heterocycles. The van der Waals surface area contributed by atoms with E-state index in [0.717, 1.165) is 6.42 Å². The highest BCUT2D eigenvalue weighted by Gasteiger charge is 2.62. The number of thioether (sulfide) groups is 1. The Morgan fingerprint density at radius 3 is 2.68 bits per heavy atom. The van der Waals surface area contributed by atoms with E-state index in [4.69, 9.17) is 10.5 Å². The number of hydrogen-bond acceptors (Lipinski definition) is 4. The fourth-order valence-corrected chi connectivity index (χ4v) is 2.84. The molecule has 0 aromatic heterocycles. The predicted molar refractivity (Wildman–Crippen MR) is 81.3 cm³/mol. The van der Waals surface area contributed by atoms with Crippen molar-refractivity contribution in [1.29, 1.82) is 0 Å². The maximum atomic E-state index is 12.3. The highest BCUT2D eigenvalue weighted by molar-refractivity contribution is 7.99. The van der Waals surface area contributed by atoms with Crippen molar-refractivity contribution in [2.75, 3.05) is 19.4 Å². The number of carbonyl (C=O) groups is 1. The average Bonchev–Trinajstić information content (AvgIpc) is 2.37. The monoisotopic (exact) mass is 288 g/mol. The Balaban J connectivity index is 2.49. The van der Waals surface area contributed by atoms with Gasteiger partial charge in [-0.1, -0.05) is 20.8 Å². The van der Waals surface area contributed by atoms with Crippen molar-refractivity contribution in [1.82, 2.24) is 5.32 Å². The van der Waals surface area contributed by atoms with Crippen LogP contribution in [0.4, 0.5) is 0 Å². The second kappa shape index (κ2) is 6.46. The number of hydrogen-bond donors (Lipinski definition) is 2. The van der Waals surface area contributed by atoms with Crippen molar-refractivity contribution in [3.8, 4) is 0 Å². The van der Waals surface area contributed by atoms with Crippen LogP contribution >= 0.6 is 11.8 Å². The molecule has 5 heteroatoms. The Labute approximate surface area is 121 Å². The summed E-state index contributed by atoms with van der Waals surface area (Å²) in [5, 5.41) is 3.53. The minimum atomic E-state index is -0.796. The second-order valence-electron chi connectivity index (χ2n) is 5.93. The van der Waals surface area contributed by atoms with Gasteiger partial charge in [0.2, 0.25) is 5.91 Å². The van der Waals surface area contributed by atoms with Crippen LogP contribution in [0.25, 0.3) is 0 Å². The largest absolute Gasteiger partial charge is 0.378 e. The lowest BCUT2D eigenvalue weighted by Gasteiger charge is -2.57. The van der Waals surface area contributed by atoms with Crippen LogP contribution in [-0.4, -0.2) is 42.2 Å². The molecule has 0 saturated heterocycles. The molecule has 1 aliphatic rings. The van der Waals surface area contributed by atoms with Crippen molar-refractivity contribution in [3.63, 3.8) is 0 Å². The van der Waals surface area contributed by atoms with E-state index in [1.165, 1.54) is 0 Å². The number of ether oxygens (including phenoxy) is 1. The lowest BCUT2D eigenvalue weighted by molar-refractivity contribution is -0.170. The zero-order chi connectivity index (χ0) is 14.7. The third-order valence-electron chi connectivity index (χ3n) is 4.47. The molecular weight excluding hydrogens is 260 g/mol. The first kappa shape index (κ1) is 16.8. The normalized spacial score (nSPS) is 30.5. The van der Waals surface area contributed by atoms with Crippen LogP contribution in [0.2, 0.25) is 0 Å². The summed E-state index contributed by atoms with van der Waals surface area (Å²) in [4.78, 5) is 12.3. The van der Waals surface area contributed by atoms with E-state index in [2.05, 4.69) is 18.5 Å². The first-order valence-electron chi connectivity index (χ1n) is 7.01. The number of carbonyl (C=O) groups excluding carboxylic acids is 1. The van der Waals surface area contributed by atoms with Crippen LogP contribution in [0, 0.1) is 5.41 Å². The zero-order valence-corrected chi connectivity index (χ0v) is 13.6. The predicted octanol–water partition coefficient (Wildman–Crippen LogP) is 1.78. The minimum absolute atomic E-state index is 0.0400. The van der Waals surface area contributed by atoms with Gasteiger partial charge in [-0.05, 0) is 19.6 Å². The lowest BCUT2D eigenvalue weighted by Crippen LogP contribution is -2.75. The maximum absolute atomic E-state index is 12.3. The first-order chi connectivity index (χ1) is 8.79. The van der Waals surface area contributed by atoms with Gasteiger partial charge in [0, 0.05) is 30.2 Å². The minimum Gasteiger partial charge on any atom is -0.378 e. The molecule has 3 atom stereocenters. The molecule has 1 amide bonds. The molecule has 0 aromatic rings. The summed E-state index contributed by atoms with van der Waals surface area (Å²) < 4.78 is 5.64. The molecule has 3 N–H and O–H groups in total. The van der Waals surface area contributed by atoms with E-state index >= 15 is 0 Å². The molecule has 0 spiro atoms. The summed E-state index contributed by atoms with van der Waals surface area (Å²) in [6.45, 7) is 9.51. The Bertz CT molecular complexity index is 323. The Morgan fingerprint density at radius 1 is 1.58 bits per heavy atom. The van der Waals surface area contributed by atoms with Gasteiger partial charge >= 0.3 is 0 Å². The Morgan fingerprint density at radius 2 is 2.21 bits per heavy atom. The fraction of sp³-hybridized carbons (Fsp3) is 0.929. The number of nitrogens with one attached hydrogen (secondary N) is 1. The van der Waals surface area contributed by atoms with Gasteiger partial charge in [-0.2, -0.15) is 11.8 Å². The average molecular weight is 288 g/mol. The van der Waals surface area contributed by atoms with E-state index < -0.39 is 5.54 Å². The van der Waals surface area contributed by atoms with E-state index in [0.29, 0.717) is 24.8 Å². The molecule has 3 unspecified atom stereocenters. The smallest absolute Gasteiger partial charge is 0.240 e. The Hall–Kier alpha value is -0.260. The van der Waals surface area contributed by atoms with Crippen molar-refractivity contribution < 1.29 is 9.53 Å². The molecular formula is C14H28N2O2S. The third-order valence-corrected chi connectivity index (χ3v) is 5.51. The maximum Gasteiger partial charge on any atom is 0.240 e. The van der Waals surface area contributed by atoms with E-state index in [1.807, 2.05) is 32.5 Å². The summed E-state index contributed by atoms with van der Waals surface area (Å²) in [7, 11) is 0. The topological polar surface area (TPSA) is 64.3 Å². The molecule has 19 heavy (non-hydrogen) atoms. The first-order valence-corrected chi connectivity index (χ1v) is 8.30. The molecule has 0 radical (unpaired) electrons. The standard InChI is InChI=1S/C14H28N2O2S/c1-6-18-11-9-14(15,13(11,3)4)12(17)16-8-7-10(2)19-5/h10-11H,6-9,15H2,1-5H3,(H,16,17). The van der Waals surface area contributed by atoms with Gasteiger partial charge < -0.3 is 15.8 Å². The number of amides is 1. The molecule has 0 aromatic carbocycles. The van der Waals surface area contributed by atoms with Gasteiger partial charge in [0.25, 0.3) is 0 Å². The quantitative estimate of drug-likeness (QED) is 0.749. The highest BCUT2D eigenvalue weighted by Crippen LogP contribution is 2.49. The van der Waals surface area contributed by atoms with Crippen molar-refractivity contribution >= 4 is 17.7 Å². The molecule has 112 valence electrons. The van der Waals surface area contributed by atoms with Gasteiger partial charge in [-0.3, -0.25) is 4.79 Å². The fourth-order valence-electron chi connectivity index (χ4n) is 2.49. The van der Waals surface area contributed by atoms with E-state index in [-0.39, 0.29) is 17.4 Å². The van der Waals surface area contributed by atoms with E-state index in [1.54, 1.807) is 0 Å². The van der Waals surface area contributed by atoms with Gasteiger partial charge in [-0.15, -0.1) is 0 Å². The summed E-state index contributed by atoms with van der Waals surface area (Å²) in [5.41, 5.74) is 5.19. The molecule has 1 fully saturated rings. The van der Waals surface area contributed by atoms with Crippen molar-refractivity contribution in [2.24, 2.45) is 11.1 Å². The van der Waals surface area contributed by atoms with Crippen LogP contribution in [-0.2, 0) is 9.53 Å². The molecule has 1 rings (SSSR count). The summed E-state index contributed by atoms with van der Waals surface area (Å²) >= 11 is 1.81. The highest BCUT2D eigenvalue weighted by atomic mass is 32.2. The lowest BCUT2D eigenvalue weighted by atomic mass is 9.54. The van der Waals surface area contributed by atoms with Crippen LogP contribution in [0.5, 0.6) is 0 Å². The second-order valence-corrected chi connectivity index (χ2v) is 7.21. The van der Waals surface area contributed by atoms with Gasteiger partial charge in [-0.25, -0.2) is 0 Å². The van der Waals surface area contributed by atoms with Crippen LogP contribution in [0.15, 0.2) is 0 Å².